The molecule has 7 heteroatoms. The number of nitrogens with zero attached hydrogens (tertiary/aromatic N) is 3. The Morgan fingerprint density at radius 2 is 2.19 bits per heavy atom. The van der Waals surface area contributed by atoms with Crippen LogP contribution in [0.2, 0.25) is 0 Å². The van der Waals surface area contributed by atoms with Crippen molar-refractivity contribution in [1.29, 1.82) is 0 Å². The highest BCUT2D eigenvalue weighted by atomic mass is 16.2. The Hall–Kier alpha value is -2.41. The average molecular weight is 367 g/mol. The molecule has 7 nitrogen and oxygen atoms in total. The summed E-state index contributed by atoms with van der Waals surface area (Å²) in [6.45, 7) is 5.86. The van der Waals surface area contributed by atoms with Crippen molar-refractivity contribution in [3.05, 3.63) is 34.4 Å². The van der Waals surface area contributed by atoms with Crippen molar-refractivity contribution in [2.45, 2.75) is 57.3 Å². The van der Waals surface area contributed by atoms with Crippen LogP contribution in [0.15, 0.2) is 23.0 Å². The van der Waals surface area contributed by atoms with Gasteiger partial charge in [-0.1, -0.05) is 0 Å². The number of benzene rings is 1. The minimum absolute atomic E-state index is 0.0361. The molecule has 3 aliphatic rings. The maximum absolute atomic E-state index is 13.3. The van der Waals surface area contributed by atoms with Crippen molar-refractivity contribution in [3.8, 4) is 0 Å². The van der Waals surface area contributed by atoms with Crippen LogP contribution in [0.25, 0.3) is 10.9 Å². The molecule has 2 atom stereocenters. The molecule has 1 unspecified atom stereocenters. The van der Waals surface area contributed by atoms with Gasteiger partial charge in [-0.15, -0.1) is 0 Å². The molecule has 0 radical (unpaired) electrons. The number of rotatable bonds is 5. The molecule has 1 aromatic heterocycles. The summed E-state index contributed by atoms with van der Waals surface area (Å²) in [5, 5.41) is 6.88. The monoisotopic (exact) mass is 367 g/mol. The lowest BCUT2D eigenvalue weighted by Crippen LogP contribution is -2.78. The van der Waals surface area contributed by atoms with Gasteiger partial charge in [-0.3, -0.25) is 14.2 Å². The number of hydrogen-bond acceptors (Lipinski definition) is 5. The average Bonchev–Trinajstić information content (AvgIpc) is 3.43. The molecule has 1 amide bonds. The van der Waals surface area contributed by atoms with Gasteiger partial charge < -0.3 is 15.5 Å². The van der Waals surface area contributed by atoms with Gasteiger partial charge in [-0.2, -0.15) is 0 Å². The van der Waals surface area contributed by atoms with Crippen LogP contribution in [0.5, 0.6) is 0 Å². The standard InChI is InChI=1S/C20H25N5O2/c1-11(2)22-18(26)10-25-19(12-3-4-12)23-15-6-5-13(7-14(15)20(25)27)24-9-16-17(24)8-21-16/h5-7,11-12,16-17,21H,3-4,8-10H2,1-2H3,(H,22,26)/t16-,17?/m1/s1. The van der Waals surface area contributed by atoms with Crippen molar-refractivity contribution in [2.75, 3.05) is 18.0 Å². The molecule has 3 heterocycles. The molecule has 3 fully saturated rings. The van der Waals surface area contributed by atoms with Gasteiger partial charge in [0.1, 0.15) is 12.4 Å². The predicted octanol–water partition coefficient (Wildman–Crippen LogP) is 0.959. The zero-order valence-electron chi connectivity index (χ0n) is 15.7. The fourth-order valence-corrected chi connectivity index (χ4v) is 4.13. The Kier molecular flexibility index (Phi) is 3.75. The predicted molar refractivity (Wildman–Crippen MR) is 104 cm³/mol. The Bertz CT molecular complexity index is 978. The van der Waals surface area contributed by atoms with E-state index in [9.17, 15) is 9.59 Å². The molecular weight excluding hydrogens is 342 g/mol. The van der Waals surface area contributed by atoms with E-state index >= 15 is 0 Å². The number of fused-ring (bicyclic) bond motifs is 2. The summed E-state index contributed by atoms with van der Waals surface area (Å²) in [6.07, 6.45) is 2.07. The van der Waals surface area contributed by atoms with Crippen LogP contribution in [0.1, 0.15) is 38.4 Å². The third-order valence-corrected chi connectivity index (χ3v) is 5.84. The Morgan fingerprint density at radius 3 is 2.78 bits per heavy atom. The van der Waals surface area contributed by atoms with Crippen LogP contribution in [0, 0.1) is 0 Å². The normalized spacial score (nSPS) is 23.7. The first-order chi connectivity index (χ1) is 13.0. The summed E-state index contributed by atoms with van der Waals surface area (Å²) in [5.74, 6) is 0.912. The quantitative estimate of drug-likeness (QED) is 0.823. The van der Waals surface area contributed by atoms with Gasteiger partial charge in [0.15, 0.2) is 0 Å². The van der Waals surface area contributed by atoms with E-state index in [-0.39, 0.29) is 24.1 Å². The lowest BCUT2D eigenvalue weighted by atomic mass is 9.88. The van der Waals surface area contributed by atoms with Crippen molar-refractivity contribution >= 4 is 22.5 Å². The molecule has 0 spiro atoms. The summed E-state index contributed by atoms with van der Waals surface area (Å²) in [4.78, 5) is 32.7. The molecule has 1 aliphatic carbocycles. The summed E-state index contributed by atoms with van der Waals surface area (Å²) in [5.41, 5.74) is 1.70. The fraction of sp³-hybridized carbons (Fsp3) is 0.550. The van der Waals surface area contributed by atoms with Gasteiger partial charge in [0.05, 0.1) is 16.9 Å². The molecule has 2 N–H and O–H groups in total. The second-order valence-corrected chi connectivity index (χ2v) is 8.29. The molecule has 1 saturated carbocycles. The van der Waals surface area contributed by atoms with Crippen LogP contribution in [0.3, 0.4) is 0 Å². The number of anilines is 1. The first-order valence-electron chi connectivity index (χ1n) is 9.85. The van der Waals surface area contributed by atoms with Crippen LogP contribution < -0.4 is 21.1 Å². The van der Waals surface area contributed by atoms with E-state index in [4.69, 9.17) is 4.98 Å². The topological polar surface area (TPSA) is 79.3 Å². The SMILES string of the molecule is CC(C)NC(=O)Cn1c(C2CC2)nc2ccc(N3C[C@H]4NCC43)cc2c1=O. The highest BCUT2D eigenvalue weighted by molar-refractivity contribution is 5.83. The minimum Gasteiger partial charge on any atom is -0.364 e. The van der Waals surface area contributed by atoms with Crippen LogP contribution in [0.4, 0.5) is 5.69 Å². The number of carbonyl (C=O) groups excluding carboxylic acids is 1. The third-order valence-electron chi connectivity index (χ3n) is 5.84. The number of hydrogen-bond donors (Lipinski definition) is 2. The molecule has 1 aromatic carbocycles. The van der Waals surface area contributed by atoms with Crippen LogP contribution in [-0.2, 0) is 11.3 Å². The summed E-state index contributed by atoms with van der Waals surface area (Å²) < 4.78 is 1.59. The van der Waals surface area contributed by atoms with E-state index in [1.54, 1.807) is 4.57 Å². The van der Waals surface area contributed by atoms with E-state index < -0.39 is 0 Å². The lowest BCUT2D eigenvalue weighted by Gasteiger charge is -2.57. The van der Waals surface area contributed by atoms with Crippen molar-refractivity contribution in [2.24, 2.45) is 0 Å². The van der Waals surface area contributed by atoms with Crippen LogP contribution >= 0.6 is 0 Å². The van der Waals surface area contributed by atoms with E-state index in [1.165, 1.54) is 0 Å². The molecule has 27 heavy (non-hydrogen) atoms. The van der Waals surface area contributed by atoms with Crippen molar-refractivity contribution in [1.82, 2.24) is 20.2 Å². The minimum atomic E-state index is -0.141. The molecular formula is C20H25N5O2. The highest BCUT2D eigenvalue weighted by Gasteiger charge is 2.45. The third kappa shape index (κ3) is 2.81. The van der Waals surface area contributed by atoms with E-state index in [1.807, 2.05) is 26.0 Å². The molecule has 142 valence electrons. The van der Waals surface area contributed by atoms with Crippen molar-refractivity contribution in [3.63, 3.8) is 0 Å². The summed E-state index contributed by atoms with van der Waals surface area (Å²) in [7, 11) is 0. The van der Waals surface area contributed by atoms with E-state index in [0.29, 0.717) is 23.4 Å². The molecule has 5 rings (SSSR count). The summed E-state index contributed by atoms with van der Waals surface area (Å²) >= 11 is 0. The van der Waals surface area contributed by atoms with Gasteiger partial charge in [-0.25, -0.2) is 4.98 Å². The highest BCUT2D eigenvalue weighted by Crippen LogP contribution is 2.39. The fourth-order valence-electron chi connectivity index (χ4n) is 4.13. The maximum Gasteiger partial charge on any atom is 0.261 e. The molecule has 2 aromatic rings. The second kappa shape index (κ2) is 6.05. The van der Waals surface area contributed by atoms with Crippen LogP contribution in [-0.4, -0.2) is 46.7 Å². The Labute approximate surface area is 157 Å². The van der Waals surface area contributed by atoms with Gasteiger partial charge in [0.25, 0.3) is 5.56 Å². The van der Waals surface area contributed by atoms with E-state index in [0.717, 1.165) is 43.0 Å². The smallest absolute Gasteiger partial charge is 0.261 e. The first kappa shape index (κ1) is 16.7. The van der Waals surface area contributed by atoms with Gasteiger partial charge in [0.2, 0.25) is 5.91 Å². The maximum atomic E-state index is 13.3. The number of aromatic nitrogens is 2. The van der Waals surface area contributed by atoms with Gasteiger partial charge in [0, 0.05) is 36.8 Å². The van der Waals surface area contributed by atoms with Gasteiger partial charge in [-0.05, 0) is 44.9 Å². The number of amides is 1. The Morgan fingerprint density at radius 1 is 1.37 bits per heavy atom. The lowest BCUT2D eigenvalue weighted by molar-refractivity contribution is -0.122. The zero-order valence-corrected chi connectivity index (χ0v) is 15.7. The number of piperazine rings is 1. The molecule has 2 saturated heterocycles. The number of nitrogens with one attached hydrogen (secondary N) is 2. The van der Waals surface area contributed by atoms with Gasteiger partial charge >= 0.3 is 0 Å². The Balaban J connectivity index is 1.54. The first-order valence-corrected chi connectivity index (χ1v) is 9.85. The second-order valence-electron chi connectivity index (χ2n) is 8.29. The van der Waals surface area contributed by atoms with E-state index in [2.05, 4.69) is 21.6 Å². The summed E-state index contributed by atoms with van der Waals surface area (Å²) in [6, 6.07) is 7.15. The molecule has 2 aliphatic heterocycles. The largest absolute Gasteiger partial charge is 0.364 e. The number of carbonyl (C=O) groups is 1. The van der Waals surface area contributed by atoms with Crippen molar-refractivity contribution < 1.29 is 4.79 Å². The zero-order chi connectivity index (χ0) is 18.7. The molecule has 0 bridgehead atoms.